The van der Waals surface area contributed by atoms with Gasteiger partial charge < -0.3 is 16.0 Å². The van der Waals surface area contributed by atoms with Gasteiger partial charge in [0.15, 0.2) is 5.96 Å². The molecule has 0 aliphatic carbocycles. The zero-order chi connectivity index (χ0) is 18.8. The molecule has 0 aromatic heterocycles. The molecule has 26 heavy (non-hydrogen) atoms. The Hall–Kier alpha value is -2.82. The van der Waals surface area contributed by atoms with Gasteiger partial charge in [-0.3, -0.25) is 4.79 Å². The van der Waals surface area contributed by atoms with Gasteiger partial charge in [0.25, 0.3) is 5.91 Å². The van der Waals surface area contributed by atoms with Gasteiger partial charge >= 0.3 is 0 Å². The Kier molecular flexibility index (Phi) is 7.68. The first-order chi connectivity index (χ1) is 12.6. The molecule has 0 saturated carbocycles. The van der Waals surface area contributed by atoms with Gasteiger partial charge in [-0.25, -0.2) is 4.99 Å². The second kappa shape index (κ2) is 10.2. The molecule has 1 atom stereocenters. The van der Waals surface area contributed by atoms with E-state index >= 15 is 0 Å². The number of nitrogens with zero attached hydrogens (tertiary/aromatic N) is 1. The van der Waals surface area contributed by atoms with E-state index in [0.717, 1.165) is 18.1 Å². The summed E-state index contributed by atoms with van der Waals surface area (Å²) in [6.07, 6.45) is 0. The van der Waals surface area contributed by atoms with E-state index in [0.29, 0.717) is 18.7 Å². The maximum absolute atomic E-state index is 12.0. The molecule has 0 spiro atoms. The van der Waals surface area contributed by atoms with Crippen LogP contribution in [0.15, 0.2) is 59.6 Å². The first kappa shape index (κ1) is 19.5. The lowest BCUT2D eigenvalue weighted by atomic mass is 10.1. The average molecular weight is 352 g/mol. The number of amides is 1. The summed E-state index contributed by atoms with van der Waals surface area (Å²) in [6, 6.07) is 18.0. The van der Waals surface area contributed by atoms with Gasteiger partial charge in [0.05, 0.1) is 12.6 Å². The Morgan fingerprint density at radius 1 is 1.00 bits per heavy atom. The molecular formula is C21H28N4O. The van der Waals surface area contributed by atoms with E-state index in [1.807, 2.05) is 56.3 Å². The lowest BCUT2D eigenvalue weighted by Gasteiger charge is -2.18. The fourth-order valence-corrected chi connectivity index (χ4v) is 2.59. The van der Waals surface area contributed by atoms with Crippen LogP contribution in [0.25, 0.3) is 0 Å². The third kappa shape index (κ3) is 5.92. The van der Waals surface area contributed by atoms with Crippen LogP contribution in [-0.4, -0.2) is 25.0 Å². The third-order valence-electron chi connectivity index (χ3n) is 3.94. The van der Waals surface area contributed by atoms with Crippen LogP contribution in [-0.2, 0) is 6.54 Å². The monoisotopic (exact) mass is 352 g/mol. The molecule has 5 nitrogen and oxygen atoms in total. The molecule has 1 amide bonds. The summed E-state index contributed by atoms with van der Waals surface area (Å²) < 4.78 is 0. The third-order valence-corrected chi connectivity index (χ3v) is 3.94. The van der Waals surface area contributed by atoms with Crippen molar-refractivity contribution >= 4 is 11.9 Å². The summed E-state index contributed by atoms with van der Waals surface area (Å²) in [5.74, 6) is 0.702. The Bertz CT molecular complexity index is 728. The van der Waals surface area contributed by atoms with Crippen LogP contribution in [0.5, 0.6) is 0 Å². The lowest BCUT2D eigenvalue weighted by Crippen LogP contribution is -2.38. The maximum atomic E-state index is 12.0. The second-order valence-corrected chi connectivity index (χ2v) is 6.03. The Morgan fingerprint density at radius 3 is 2.42 bits per heavy atom. The van der Waals surface area contributed by atoms with Crippen LogP contribution in [0, 0.1) is 0 Å². The minimum atomic E-state index is -0.0546. The first-order valence-electron chi connectivity index (χ1n) is 9.11. The van der Waals surface area contributed by atoms with E-state index in [1.165, 1.54) is 5.56 Å². The number of nitrogens with one attached hydrogen (secondary N) is 3. The number of rotatable bonds is 7. The van der Waals surface area contributed by atoms with Gasteiger partial charge in [-0.2, -0.15) is 0 Å². The highest BCUT2D eigenvalue weighted by molar-refractivity contribution is 5.94. The number of guanidine groups is 1. The van der Waals surface area contributed by atoms with E-state index in [1.54, 1.807) is 0 Å². The molecule has 138 valence electrons. The van der Waals surface area contributed by atoms with Gasteiger partial charge in [0.2, 0.25) is 0 Å². The van der Waals surface area contributed by atoms with Crippen LogP contribution in [0.3, 0.4) is 0 Å². The smallest absolute Gasteiger partial charge is 0.251 e. The molecule has 1 unspecified atom stereocenters. The second-order valence-electron chi connectivity index (χ2n) is 6.03. The van der Waals surface area contributed by atoms with Gasteiger partial charge in [-0.1, -0.05) is 42.5 Å². The summed E-state index contributed by atoms with van der Waals surface area (Å²) in [5.41, 5.74) is 2.87. The van der Waals surface area contributed by atoms with Crippen LogP contribution in [0.2, 0.25) is 0 Å². The highest BCUT2D eigenvalue weighted by Gasteiger charge is 2.08. The normalized spacial score (nSPS) is 12.3. The Labute approximate surface area is 155 Å². The molecule has 0 heterocycles. The average Bonchev–Trinajstić information content (AvgIpc) is 2.67. The van der Waals surface area contributed by atoms with Crippen molar-refractivity contribution in [3.05, 3.63) is 71.3 Å². The number of aliphatic imine (C=N–C) groups is 1. The first-order valence-corrected chi connectivity index (χ1v) is 9.11. The van der Waals surface area contributed by atoms with E-state index in [-0.39, 0.29) is 11.9 Å². The van der Waals surface area contributed by atoms with Crippen molar-refractivity contribution in [3.8, 4) is 0 Å². The van der Waals surface area contributed by atoms with Gasteiger partial charge in [0.1, 0.15) is 0 Å². The van der Waals surface area contributed by atoms with E-state index in [4.69, 9.17) is 0 Å². The topological polar surface area (TPSA) is 65.5 Å². The minimum absolute atomic E-state index is 0.0546. The van der Waals surface area contributed by atoms with Crippen molar-refractivity contribution in [2.24, 2.45) is 4.99 Å². The number of hydrogen-bond donors (Lipinski definition) is 3. The zero-order valence-electron chi connectivity index (χ0n) is 15.8. The molecule has 0 saturated heterocycles. The molecule has 0 fully saturated rings. The van der Waals surface area contributed by atoms with E-state index < -0.39 is 0 Å². The van der Waals surface area contributed by atoms with Crippen molar-refractivity contribution < 1.29 is 4.79 Å². The SMILES string of the molecule is CCNC(=O)c1cccc(CN=C(NCC)NC(C)c2ccccc2)c1. The van der Waals surface area contributed by atoms with E-state index in [9.17, 15) is 4.79 Å². The van der Waals surface area contributed by atoms with Crippen LogP contribution >= 0.6 is 0 Å². The molecule has 0 radical (unpaired) electrons. The van der Waals surface area contributed by atoms with Crippen molar-refractivity contribution in [2.75, 3.05) is 13.1 Å². The molecule has 0 aliphatic heterocycles. The largest absolute Gasteiger partial charge is 0.357 e. The van der Waals surface area contributed by atoms with Gasteiger partial charge in [-0.05, 0) is 44.0 Å². The molecule has 0 aliphatic rings. The fourth-order valence-electron chi connectivity index (χ4n) is 2.59. The standard InChI is InChI=1S/C21H28N4O/c1-4-22-20(26)19-13-9-10-17(14-19)15-24-21(23-5-2)25-16(3)18-11-7-6-8-12-18/h6-14,16H,4-5,15H2,1-3H3,(H,22,26)(H2,23,24,25). The van der Waals surface area contributed by atoms with Crippen molar-refractivity contribution in [3.63, 3.8) is 0 Å². The summed E-state index contributed by atoms with van der Waals surface area (Å²) in [5, 5.41) is 9.51. The lowest BCUT2D eigenvalue weighted by molar-refractivity contribution is 0.0955. The summed E-state index contributed by atoms with van der Waals surface area (Å²) >= 11 is 0. The zero-order valence-corrected chi connectivity index (χ0v) is 15.8. The summed E-state index contributed by atoms with van der Waals surface area (Å²) in [7, 11) is 0. The molecular weight excluding hydrogens is 324 g/mol. The van der Waals surface area contributed by atoms with Crippen molar-refractivity contribution in [2.45, 2.75) is 33.4 Å². The summed E-state index contributed by atoms with van der Waals surface area (Å²) in [4.78, 5) is 16.6. The molecule has 2 aromatic carbocycles. The molecule has 2 rings (SSSR count). The molecule has 0 bridgehead atoms. The minimum Gasteiger partial charge on any atom is -0.357 e. The highest BCUT2D eigenvalue weighted by atomic mass is 16.1. The number of hydrogen-bond acceptors (Lipinski definition) is 2. The molecule has 5 heteroatoms. The van der Waals surface area contributed by atoms with Crippen molar-refractivity contribution in [1.29, 1.82) is 0 Å². The quantitative estimate of drug-likeness (QED) is 0.529. The van der Waals surface area contributed by atoms with Crippen LogP contribution in [0.1, 0.15) is 48.3 Å². The van der Waals surface area contributed by atoms with Gasteiger partial charge in [0, 0.05) is 18.7 Å². The predicted molar refractivity (Wildman–Crippen MR) is 107 cm³/mol. The van der Waals surface area contributed by atoms with E-state index in [2.05, 4.69) is 40.0 Å². The predicted octanol–water partition coefficient (Wildman–Crippen LogP) is 3.25. The van der Waals surface area contributed by atoms with Gasteiger partial charge in [-0.15, -0.1) is 0 Å². The molecule has 3 N–H and O–H groups in total. The Balaban J connectivity index is 2.07. The number of carbonyl (C=O) groups excluding carboxylic acids is 1. The van der Waals surface area contributed by atoms with Crippen LogP contribution < -0.4 is 16.0 Å². The van der Waals surface area contributed by atoms with Crippen molar-refractivity contribution in [1.82, 2.24) is 16.0 Å². The maximum Gasteiger partial charge on any atom is 0.251 e. The molecule has 2 aromatic rings. The highest BCUT2D eigenvalue weighted by Crippen LogP contribution is 2.11. The number of benzene rings is 2. The summed E-state index contributed by atoms with van der Waals surface area (Å²) in [6.45, 7) is 7.97. The Morgan fingerprint density at radius 2 is 1.73 bits per heavy atom. The fraction of sp³-hybridized carbons (Fsp3) is 0.333. The number of carbonyl (C=O) groups is 1. The van der Waals surface area contributed by atoms with Crippen LogP contribution in [0.4, 0.5) is 0 Å².